The molecule has 1 aromatic rings. The zero-order valence-electron chi connectivity index (χ0n) is 10.1. The Hall–Kier alpha value is -1.95. The molecule has 0 aromatic carbocycles. The third kappa shape index (κ3) is 4.50. The lowest BCUT2D eigenvalue weighted by molar-refractivity contribution is 0.583. The second-order valence-electron chi connectivity index (χ2n) is 3.62. The van der Waals surface area contributed by atoms with Crippen molar-refractivity contribution < 1.29 is 0 Å². The zero-order chi connectivity index (χ0) is 13.4. The highest BCUT2D eigenvalue weighted by atomic mass is 32.1. The lowest BCUT2D eigenvalue weighted by Crippen LogP contribution is -2.47. The summed E-state index contributed by atoms with van der Waals surface area (Å²) < 4.78 is 0. The van der Waals surface area contributed by atoms with E-state index in [4.69, 9.17) is 23.4 Å². The van der Waals surface area contributed by atoms with Crippen molar-refractivity contribution in [2.45, 2.75) is 6.42 Å². The molecule has 1 heterocycles. The molecule has 1 rings (SSSR count). The summed E-state index contributed by atoms with van der Waals surface area (Å²) >= 11 is 5.16. The maximum absolute atomic E-state index is 7.52. The Labute approximate surface area is 112 Å². The van der Waals surface area contributed by atoms with Gasteiger partial charge >= 0.3 is 0 Å². The molecule has 6 heteroatoms. The Kier molecular flexibility index (Phi) is 5.79. The van der Waals surface area contributed by atoms with E-state index >= 15 is 0 Å². The van der Waals surface area contributed by atoms with Crippen LogP contribution in [0.2, 0.25) is 0 Å². The quantitative estimate of drug-likeness (QED) is 0.318. The first-order chi connectivity index (χ1) is 8.65. The van der Waals surface area contributed by atoms with Gasteiger partial charge in [0.25, 0.3) is 0 Å². The van der Waals surface area contributed by atoms with E-state index < -0.39 is 0 Å². The van der Waals surface area contributed by atoms with Crippen LogP contribution in [0, 0.1) is 5.41 Å². The van der Waals surface area contributed by atoms with E-state index in [0.717, 1.165) is 12.0 Å². The summed E-state index contributed by atoms with van der Waals surface area (Å²) in [6.07, 6.45) is 5.94. The van der Waals surface area contributed by atoms with Crippen molar-refractivity contribution in [2.75, 3.05) is 13.1 Å². The number of nitrogens with zero attached hydrogens (tertiary/aromatic N) is 2. The molecule has 0 saturated heterocycles. The number of nitrogens with two attached hydrogens (primary N) is 1. The highest BCUT2D eigenvalue weighted by molar-refractivity contribution is 7.80. The van der Waals surface area contributed by atoms with Gasteiger partial charge in [0.05, 0.1) is 0 Å². The van der Waals surface area contributed by atoms with Gasteiger partial charge < -0.3 is 11.1 Å². The van der Waals surface area contributed by atoms with Crippen molar-refractivity contribution in [1.82, 2.24) is 15.2 Å². The van der Waals surface area contributed by atoms with Crippen LogP contribution in [-0.2, 0) is 6.42 Å². The lowest BCUT2D eigenvalue weighted by atomic mass is 10.2. The van der Waals surface area contributed by atoms with Gasteiger partial charge in [0.15, 0.2) is 11.1 Å². The second-order valence-corrected chi connectivity index (χ2v) is 4.01. The van der Waals surface area contributed by atoms with Crippen LogP contribution in [-0.4, -0.2) is 34.0 Å². The lowest BCUT2D eigenvalue weighted by Gasteiger charge is -2.23. The second kappa shape index (κ2) is 7.39. The topological polar surface area (TPSA) is 78.0 Å². The number of nitrogens with one attached hydrogen (secondary N) is 2. The minimum atomic E-state index is -0.0690. The van der Waals surface area contributed by atoms with Gasteiger partial charge in [-0.1, -0.05) is 12.1 Å². The largest absolute Gasteiger partial charge is 0.370 e. The van der Waals surface area contributed by atoms with Crippen LogP contribution in [0.4, 0.5) is 0 Å². The number of hydrogen-bond acceptors (Lipinski definition) is 3. The zero-order valence-corrected chi connectivity index (χ0v) is 10.9. The summed E-state index contributed by atoms with van der Waals surface area (Å²) in [5, 5.41) is 10.9. The first kappa shape index (κ1) is 14.1. The van der Waals surface area contributed by atoms with Crippen LogP contribution in [0.1, 0.15) is 5.56 Å². The van der Waals surface area contributed by atoms with E-state index in [9.17, 15) is 0 Å². The molecule has 0 spiro atoms. The molecular formula is C12H17N5S. The summed E-state index contributed by atoms with van der Waals surface area (Å²) in [5.74, 6) is -0.0690. The summed E-state index contributed by atoms with van der Waals surface area (Å²) in [4.78, 5) is 5.58. The molecule has 0 radical (unpaired) electrons. The van der Waals surface area contributed by atoms with Gasteiger partial charge in [-0.25, -0.2) is 0 Å². The summed E-state index contributed by atoms with van der Waals surface area (Å²) in [7, 11) is 0. The third-order valence-corrected chi connectivity index (χ3v) is 2.65. The highest BCUT2D eigenvalue weighted by Gasteiger charge is 2.11. The molecule has 0 unspecified atom stereocenters. The summed E-state index contributed by atoms with van der Waals surface area (Å²) in [5.41, 5.74) is 6.59. The molecule has 0 aliphatic heterocycles. The average molecular weight is 263 g/mol. The van der Waals surface area contributed by atoms with E-state index in [1.54, 1.807) is 23.4 Å². The Morgan fingerprint density at radius 3 is 3.00 bits per heavy atom. The Morgan fingerprint density at radius 2 is 2.44 bits per heavy atom. The molecule has 0 saturated carbocycles. The minimum Gasteiger partial charge on any atom is -0.370 e. The monoisotopic (exact) mass is 263 g/mol. The molecule has 0 bridgehead atoms. The number of pyridine rings is 1. The average Bonchev–Trinajstić information content (AvgIpc) is 2.37. The Morgan fingerprint density at radius 1 is 1.67 bits per heavy atom. The van der Waals surface area contributed by atoms with Crippen molar-refractivity contribution in [3.63, 3.8) is 0 Å². The first-order valence-corrected chi connectivity index (χ1v) is 5.95. The molecular weight excluding hydrogens is 246 g/mol. The van der Waals surface area contributed by atoms with Crippen LogP contribution in [0.5, 0.6) is 0 Å². The molecule has 0 atom stereocenters. The number of guanidine groups is 1. The molecule has 1 aromatic heterocycles. The van der Waals surface area contributed by atoms with Crippen LogP contribution in [0.15, 0.2) is 37.2 Å². The smallest absolute Gasteiger partial charge is 0.194 e. The van der Waals surface area contributed by atoms with E-state index in [-0.39, 0.29) is 5.96 Å². The van der Waals surface area contributed by atoms with Gasteiger partial charge in [0, 0.05) is 25.5 Å². The minimum absolute atomic E-state index is 0.0690. The predicted octanol–water partition coefficient (Wildman–Crippen LogP) is 0.880. The Bertz CT molecular complexity index is 418. The van der Waals surface area contributed by atoms with Crippen molar-refractivity contribution in [2.24, 2.45) is 5.73 Å². The van der Waals surface area contributed by atoms with Crippen LogP contribution in [0.3, 0.4) is 0 Å². The summed E-state index contributed by atoms with van der Waals surface area (Å²) in [6, 6.07) is 3.85. The molecule has 5 nitrogen and oxygen atoms in total. The fourth-order valence-corrected chi connectivity index (χ4v) is 1.65. The van der Waals surface area contributed by atoms with Crippen LogP contribution in [0.25, 0.3) is 0 Å². The normalized spacial score (nSPS) is 9.56. The van der Waals surface area contributed by atoms with E-state index in [1.165, 1.54) is 0 Å². The molecule has 0 amide bonds. The van der Waals surface area contributed by atoms with Crippen LogP contribution >= 0.6 is 12.2 Å². The highest BCUT2D eigenvalue weighted by Crippen LogP contribution is 2.00. The van der Waals surface area contributed by atoms with Gasteiger partial charge in [-0.15, -0.1) is 6.58 Å². The first-order valence-electron chi connectivity index (χ1n) is 5.54. The van der Waals surface area contributed by atoms with Gasteiger partial charge in [-0.3, -0.25) is 15.3 Å². The molecule has 18 heavy (non-hydrogen) atoms. The standard InChI is InChI=1S/C12H17N5S/c1-2-6-16-12(18)17(11(13)14)8-5-10-4-3-7-15-9-10/h2-4,7,9H,1,5-6,8H2,(H3,13,14)(H,16,18). The summed E-state index contributed by atoms with van der Waals surface area (Å²) in [6.45, 7) is 4.69. The SMILES string of the molecule is C=CCNC(=S)N(CCc1cccnc1)C(=N)N. The van der Waals surface area contributed by atoms with E-state index in [1.807, 2.05) is 12.1 Å². The molecule has 4 N–H and O–H groups in total. The number of rotatable bonds is 5. The van der Waals surface area contributed by atoms with Gasteiger partial charge in [-0.05, 0) is 30.3 Å². The molecule has 0 aliphatic carbocycles. The van der Waals surface area contributed by atoms with Gasteiger partial charge in [-0.2, -0.15) is 0 Å². The maximum Gasteiger partial charge on any atom is 0.194 e. The van der Waals surface area contributed by atoms with Crippen molar-refractivity contribution in [3.05, 3.63) is 42.7 Å². The van der Waals surface area contributed by atoms with E-state index in [2.05, 4.69) is 16.9 Å². The third-order valence-electron chi connectivity index (χ3n) is 2.28. The van der Waals surface area contributed by atoms with Crippen LogP contribution < -0.4 is 11.1 Å². The molecule has 0 fully saturated rings. The van der Waals surface area contributed by atoms with E-state index in [0.29, 0.717) is 18.2 Å². The van der Waals surface area contributed by atoms with Crippen molar-refractivity contribution >= 4 is 23.3 Å². The van der Waals surface area contributed by atoms with Gasteiger partial charge in [0.1, 0.15) is 0 Å². The van der Waals surface area contributed by atoms with Crippen molar-refractivity contribution in [1.29, 1.82) is 5.41 Å². The maximum atomic E-state index is 7.52. The van der Waals surface area contributed by atoms with Gasteiger partial charge in [0.2, 0.25) is 0 Å². The Balaban J connectivity index is 2.55. The number of hydrogen-bond donors (Lipinski definition) is 3. The van der Waals surface area contributed by atoms with Crippen molar-refractivity contribution in [3.8, 4) is 0 Å². The number of thiocarbonyl (C=S) groups is 1. The fraction of sp³-hybridized carbons (Fsp3) is 0.250. The molecule has 96 valence electrons. The molecule has 0 aliphatic rings. The number of aromatic nitrogens is 1. The fourth-order valence-electron chi connectivity index (χ4n) is 1.37. The predicted molar refractivity (Wildman–Crippen MR) is 77.4 cm³/mol.